The third kappa shape index (κ3) is 0.844. The molecule has 2 heteroatoms. The second kappa shape index (κ2) is 2.99. The van der Waals surface area contributed by atoms with Gasteiger partial charge >= 0.3 is 0 Å². The summed E-state index contributed by atoms with van der Waals surface area (Å²) in [5.74, 6) is 4.61. The second-order valence-corrected chi connectivity index (χ2v) is 5.93. The van der Waals surface area contributed by atoms with Crippen LogP contribution in [0.5, 0.6) is 0 Å². The molecule has 0 aromatic rings. The van der Waals surface area contributed by atoms with E-state index in [0.717, 1.165) is 0 Å². The maximum absolute atomic E-state index is 9.57. The van der Waals surface area contributed by atoms with Crippen LogP contribution in [0, 0.1) is 47.3 Å². The molecule has 0 saturated heterocycles. The first-order chi connectivity index (χ1) is 7.86. The zero-order chi connectivity index (χ0) is 10.9. The maximum atomic E-state index is 9.57. The zero-order valence-corrected chi connectivity index (χ0v) is 9.24. The molecule has 86 valence electrons. The average molecular weight is 218 g/mol. The van der Waals surface area contributed by atoms with E-state index in [4.69, 9.17) is 0 Å². The van der Waals surface area contributed by atoms with Gasteiger partial charge in [-0.3, -0.25) is 0 Å². The third-order valence-electron chi connectivity index (χ3n) is 5.73. The molecule has 2 nitrogen and oxygen atoms in total. The molecule has 0 aromatic carbocycles. The van der Waals surface area contributed by atoms with Crippen LogP contribution in [-0.2, 0) is 0 Å². The fraction of sp³-hybridized carbons (Fsp3) is 0.714. The van der Waals surface area contributed by atoms with Gasteiger partial charge in [0.15, 0.2) is 0 Å². The Morgan fingerprint density at radius 1 is 0.625 bits per heavy atom. The minimum Gasteiger partial charge on any atom is -0.396 e. The summed E-state index contributed by atoms with van der Waals surface area (Å²) >= 11 is 0. The Bertz CT molecular complexity index is 309. The first-order valence-corrected chi connectivity index (χ1v) is 6.45. The summed E-state index contributed by atoms with van der Waals surface area (Å²) in [7, 11) is 0. The van der Waals surface area contributed by atoms with Gasteiger partial charge in [-0.25, -0.2) is 0 Å². The Balaban J connectivity index is 1.80. The van der Waals surface area contributed by atoms with Gasteiger partial charge in [0.1, 0.15) is 0 Å². The number of aliphatic hydroxyl groups excluding tert-OH is 2. The topological polar surface area (TPSA) is 40.5 Å². The van der Waals surface area contributed by atoms with Crippen molar-refractivity contribution in [2.75, 3.05) is 13.2 Å². The SMILES string of the molecule is OCC1[C@H]2C=C[C@@H]3C(CO)[C@H]4C=C[C@H]1C4C23. The van der Waals surface area contributed by atoms with E-state index in [1.54, 1.807) is 0 Å². The van der Waals surface area contributed by atoms with Crippen LogP contribution >= 0.6 is 0 Å². The van der Waals surface area contributed by atoms with Gasteiger partial charge in [0.05, 0.1) is 0 Å². The lowest BCUT2D eigenvalue weighted by molar-refractivity contribution is 0.149. The smallest absolute Gasteiger partial charge is 0.0470 e. The Hall–Kier alpha value is -0.600. The predicted molar refractivity (Wildman–Crippen MR) is 60.4 cm³/mol. The van der Waals surface area contributed by atoms with Gasteiger partial charge in [0.25, 0.3) is 0 Å². The van der Waals surface area contributed by atoms with Gasteiger partial charge in [0.2, 0.25) is 0 Å². The minimum absolute atomic E-state index is 0.320. The van der Waals surface area contributed by atoms with Crippen molar-refractivity contribution in [1.82, 2.24) is 0 Å². The van der Waals surface area contributed by atoms with Crippen molar-refractivity contribution in [3.8, 4) is 0 Å². The van der Waals surface area contributed by atoms with Crippen LogP contribution in [0.3, 0.4) is 0 Å². The third-order valence-corrected chi connectivity index (χ3v) is 5.73. The molecule has 4 atom stereocenters. The molecule has 0 spiro atoms. The fourth-order valence-electron chi connectivity index (χ4n) is 5.28. The molecule has 2 saturated carbocycles. The summed E-state index contributed by atoms with van der Waals surface area (Å²) in [6.45, 7) is 0.639. The first-order valence-electron chi connectivity index (χ1n) is 6.45. The van der Waals surface area contributed by atoms with Gasteiger partial charge in [-0.2, -0.15) is 0 Å². The average Bonchev–Trinajstić information content (AvgIpc) is 2.95. The van der Waals surface area contributed by atoms with Crippen molar-refractivity contribution in [3.05, 3.63) is 24.3 Å². The lowest BCUT2D eigenvalue weighted by Gasteiger charge is -2.22. The minimum atomic E-state index is 0.320. The highest BCUT2D eigenvalue weighted by Crippen LogP contribution is 2.66. The molecule has 0 unspecified atom stereocenters. The van der Waals surface area contributed by atoms with Crippen LogP contribution in [0.2, 0.25) is 0 Å². The summed E-state index contributed by atoms with van der Waals surface area (Å²) in [4.78, 5) is 0. The standard InChI is InChI=1S/C14H18O2/c15-5-11-7-1-2-8-12(6-16)10-4-3-9(11)14(10)13(7)8/h1-4,7-16H,5-6H2/t7-,8-,9-,10-,11?,12?,13?,14?/m1/s1. The van der Waals surface area contributed by atoms with Gasteiger partial charge < -0.3 is 10.2 Å². The van der Waals surface area contributed by atoms with E-state index in [1.807, 2.05) is 0 Å². The normalized spacial score (nSPS) is 59.9. The second-order valence-electron chi connectivity index (χ2n) is 5.93. The highest BCUT2D eigenvalue weighted by atomic mass is 16.3. The maximum Gasteiger partial charge on any atom is 0.0470 e. The van der Waals surface area contributed by atoms with Crippen molar-refractivity contribution >= 4 is 0 Å². The zero-order valence-electron chi connectivity index (χ0n) is 9.24. The van der Waals surface area contributed by atoms with Crippen molar-refractivity contribution < 1.29 is 10.2 Å². The van der Waals surface area contributed by atoms with Crippen LogP contribution < -0.4 is 0 Å². The molecule has 2 fully saturated rings. The Kier molecular flexibility index (Phi) is 1.76. The van der Waals surface area contributed by atoms with Crippen molar-refractivity contribution in [2.45, 2.75) is 0 Å². The summed E-state index contributed by atoms with van der Waals surface area (Å²) in [6.07, 6.45) is 9.28. The molecule has 0 amide bonds. The van der Waals surface area contributed by atoms with Crippen LogP contribution in [0.1, 0.15) is 0 Å². The van der Waals surface area contributed by atoms with E-state index in [1.165, 1.54) is 0 Å². The van der Waals surface area contributed by atoms with Gasteiger partial charge in [0, 0.05) is 13.2 Å². The largest absolute Gasteiger partial charge is 0.396 e. The Morgan fingerprint density at radius 3 is 1.19 bits per heavy atom. The lowest BCUT2D eigenvalue weighted by Crippen LogP contribution is -2.22. The molecular formula is C14H18O2. The molecule has 0 heterocycles. The van der Waals surface area contributed by atoms with E-state index in [2.05, 4.69) is 24.3 Å². The highest BCUT2D eigenvalue weighted by Gasteiger charge is 2.63. The van der Waals surface area contributed by atoms with Crippen LogP contribution in [-0.4, -0.2) is 23.4 Å². The summed E-state index contributed by atoms with van der Waals surface area (Å²) in [5, 5.41) is 19.1. The van der Waals surface area contributed by atoms with Crippen molar-refractivity contribution in [2.24, 2.45) is 47.3 Å². The molecule has 0 aromatic heterocycles. The van der Waals surface area contributed by atoms with Gasteiger partial charge in [-0.15, -0.1) is 0 Å². The van der Waals surface area contributed by atoms with Gasteiger partial charge in [-0.1, -0.05) is 24.3 Å². The molecule has 0 bridgehead atoms. The van der Waals surface area contributed by atoms with E-state index >= 15 is 0 Å². The number of rotatable bonds is 2. The van der Waals surface area contributed by atoms with E-state index in [0.29, 0.717) is 60.6 Å². The quantitative estimate of drug-likeness (QED) is 0.681. The fourth-order valence-corrected chi connectivity index (χ4v) is 5.28. The molecule has 0 radical (unpaired) electrons. The summed E-state index contributed by atoms with van der Waals surface area (Å²) < 4.78 is 0. The number of aliphatic hydroxyl groups is 2. The molecule has 4 aliphatic carbocycles. The van der Waals surface area contributed by atoms with Crippen LogP contribution in [0.25, 0.3) is 0 Å². The number of hydrogen-bond donors (Lipinski definition) is 2. The number of hydrogen-bond acceptors (Lipinski definition) is 2. The molecular weight excluding hydrogens is 200 g/mol. The Labute approximate surface area is 95.7 Å². The lowest BCUT2D eigenvalue weighted by atomic mass is 9.84. The van der Waals surface area contributed by atoms with E-state index in [-0.39, 0.29) is 0 Å². The van der Waals surface area contributed by atoms with E-state index in [9.17, 15) is 10.2 Å². The number of allylic oxidation sites excluding steroid dienone is 4. The molecule has 4 rings (SSSR count). The molecule has 0 aliphatic heterocycles. The van der Waals surface area contributed by atoms with Crippen LogP contribution in [0.4, 0.5) is 0 Å². The summed E-state index contributed by atoms with van der Waals surface area (Å²) in [5.41, 5.74) is 0. The summed E-state index contributed by atoms with van der Waals surface area (Å²) in [6, 6.07) is 0. The van der Waals surface area contributed by atoms with Crippen LogP contribution in [0.15, 0.2) is 24.3 Å². The van der Waals surface area contributed by atoms with Crippen molar-refractivity contribution in [3.63, 3.8) is 0 Å². The molecule has 2 N–H and O–H groups in total. The Morgan fingerprint density at radius 2 is 0.938 bits per heavy atom. The van der Waals surface area contributed by atoms with E-state index < -0.39 is 0 Å². The van der Waals surface area contributed by atoms with Crippen molar-refractivity contribution in [1.29, 1.82) is 0 Å². The monoisotopic (exact) mass is 218 g/mol. The molecule has 4 aliphatic rings. The highest BCUT2D eigenvalue weighted by molar-refractivity contribution is 5.29. The molecule has 16 heavy (non-hydrogen) atoms. The first kappa shape index (κ1) is 9.43. The predicted octanol–water partition coefficient (Wildman–Crippen LogP) is 1.07. The van der Waals surface area contributed by atoms with Gasteiger partial charge in [-0.05, 0) is 47.3 Å².